The molecule has 238 valence electrons. The quantitative estimate of drug-likeness (QED) is 0.221. The smallest absolute Gasteiger partial charge is 0.0213 e. The van der Waals surface area contributed by atoms with Crippen molar-refractivity contribution in [3.8, 4) is 0 Å². The fourth-order valence-electron chi connectivity index (χ4n) is 2.88. The Kier molecular flexibility index (Phi) is 85.7. The molecule has 0 spiro atoms. The van der Waals surface area contributed by atoms with Crippen LogP contribution in [0.1, 0.15) is 106 Å². The fraction of sp³-hybridized carbons (Fsp3) is 0.750. The van der Waals surface area contributed by atoms with Gasteiger partial charge in [0.15, 0.2) is 0 Å². The van der Waals surface area contributed by atoms with Crippen LogP contribution in [0.25, 0.3) is 11.5 Å². The molecule has 0 aromatic rings. The molecule has 0 saturated heterocycles. The third-order valence-electron chi connectivity index (χ3n) is 5.41. The van der Waals surface area contributed by atoms with Crippen molar-refractivity contribution in [3.63, 3.8) is 0 Å². The topological polar surface area (TPSA) is 47.6 Å². The number of hydrogen-bond acceptors (Lipinski definition) is 0. The SMILES string of the molecule is CC1=CC[C-]=C1.CC1=CC[C-]=C1.CCCCC(CC)C[NH-].CCCCC(CC)C[NH-].C[SiH]C.C[SiH]C.[Cl-].[Cl-].[Hf].[Hf]. The molecule has 2 radical (unpaired) electrons. The van der Waals surface area contributed by atoms with E-state index in [-0.39, 0.29) is 76.5 Å². The summed E-state index contributed by atoms with van der Waals surface area (Å²) in [5.41, 5.74) is 17.0. The van der Waals surface area contributed by atoms with Crippen molar-refractivity contribution in [1.82, 2.24) is 0 Å². The van der Waals surface area contributed by atoms with Crippen LogP contribution in [0.15, 0.2) is 35.5 Å². The Balaban J connectivity index is -0.0000000521. The van der Waals surface area contributed by atoms with Crippen LogP contribution in [-0.2, 0) is 51.7 Å². The average molecular weight is 961 g/mol. The van der Waals surface area contributed by atoms with Crippen LogP contribution >= 0.6 is 0 Å². The first-order valence-electron chi connectivity index (χ1n) is 14.6. The van der Waals surface area contributed by atoms with Crippen LogP contribution in [-0.4, -0.2) is 32.1 Å². The van der Waals surface area contributed by atoms with Crippen molar-refractivity contribution in [2.75, 3.05) is 13.1 Å². The van der Waals surface area contributed by atoms with Crippen LogP contribution in [0, 0.1) is 24.0 Å². The molecule has 2 N–H and O–H groups in total. The van der Waals surface area contributed by atoms with Crippen molar-refractivity contribution < 1.29 is 76.5 Å². The Hall–Kier alpha value is 1.63. The zero-order valence-corrected chi connectivity index (χ0v) is 38.9. The molecule has 0 fully saturated rings. The van der Waals surface area contributed by atoms with Gasteiger partial charge in [-0.05, 0) is 0 Å². The van der Waals surface area contributed by atoms with Crippen molar-refractivity contribution in [3.05, 3.63) is 59.1 Å². The van der Waals surface area contributed by atoms with E-state index in [0.717, 1.165) is 31.9 Å². The summed E-state index contributed by atoms with van der Waals surface area (Å²) in [4.78, 5) is 0. The van der Waals surface area contributed by atoms with Gasteiger partial charge in [-0.25, -0.2) is 23.3 Å². The van der Waals surface area contributed by atoms with Gasteiger partial charge in [0.2, 0.25) is 0 Å². The van der Waals surface area contributed by atoms with Crippen LogP contribution in [0.3, 0.4) is 0 Å². The Labute approximate surface area is 308 Å². The van der Waals surface area contributed by atoms with Crippen LogP contribution < -0.4 is 24.8 Å². The predicted molar refractivity (Wildman–Crippen MR) is 175 cm³/mol. The molecule has 40 heavy (non-hydrogen) atoms. The van der Waals surface area contributed by atoms with Gasteiger partial charge in [0.05, 0.1) is 0 Å². The van der Waals surface area contributed by atoms with E-state index in [4.69, 9.17) is 11.5 Å². The molecule has 2 unspecified atom stereocenters. The summed E-state index contributed by atoms with van der Waals surface area (Å²) in [7, 11) is 1.50. The van der Waals surface area contributed by atoms with Gasteiger partial charge in [-0.1, -0.05) is 117 Å². The fourth-order valence-corrected chi connectivity index (χ4v) is 2.88. The first-order valence-corrected chi connectivity index (χ1v) is 19.2. The predicted octanol–water partition coefficient (Wildman–Crippen LogP) is 4.94. The summed E-state index contributed by atoms with van der Waals surface area (Å²) in [5, 5.41) is 0. The standard InChI is InChI=1S/2C8H18N.2C6H7.2C2H7Si.2ClH.2Hf/c2*1-3-5-6-8(4-2)7-9;2*1-6-4-2-3-5-6;2*1-3-2;;;;/h2*8-9H,3-7H2,1-2H3;2*4-5H,2H2,1H3;2*3H,1-2H3;2*1H;;/q4*-1;;;;;;/p-2. The summed E-state index contributed by atoms with van der Waals surface area (Å²) in [5.74, 6) is 1.34. The molecule has 0 aromatic carbocycles. The van der Waals surface area contributed by atoms with Gasteiger partial charge in [0.1, 0.15) is 0 Å². The molecule has 2 nitrogen and oxygen atoms in total. The van der Waals surface area contributed by atoms with Crippen LogP contribution in [0.4, 0.5) is 0 Å². The number of nitrogens with one attached hydrogen (secondary N) is 2. The second-order valence-electron chi connectivity index (χ2n) is 9.40. The maximum absolute atomic E-state index is 7.14. The molecule has 2 aliphatic rings. The molecule has 2 atom stereocenters. The van der Waals surface area contributed by atoms with Crippen LogP contribution in [0.5, 0.6) is 0 Å². The monoisotopic (exact) mass is 962 g/mol. The summed E-state index contributed by atoms with van der Waals surface area (Å²) >= 11 is 0. The Morgan fingerprint density at radius 1 is 0.675 bits per heavy atom. The third-order valence-corrected chi connectivity index (χ3v) is 5.41. The molecule has 0 aromatic heterocycles. The molecule has 2 rings (SSSR count). The van der Waals surface area contributed by atoms with Crippen molar-refractivity contribution >= 4 is 19.0 Å². The Morgan fingerprint density at radius 2 is 0.950 bits per heavy atom. The van der Waals surface area contributed by atoms with Gasteiger partial charge in [-0.15, -0.1) is 39.8 Å². The number of hydrogen-bond donors (Lipinski definition) is 0. The average Bonchev–Trinajstić information content (AvgIpc) is 3.56. The van der Waals surface area contributed by atoms with Gasteiger partial charge in [0, 0.05) is 70.7 Å². The molecule has 0 aliphatic heterocycles. The molecular formula is C32H64Cl2Hf2N2Si2-6. The zero-order valence-electron chi connectivity index (χ0n) is 27.9. The minimum Gasteiger partial charge on any atom is -1.00 e. The number of halogens is 2. The zero-order chi connectivity index (χ0) is 28.5. The summed E-state index contributed by atoms with van der Waals surface area (Å²) in [6.45, 7) is 23.0. The van der Waals surface area contributed by atoms with Gasteiger partial charge in [0.25, 0.3) is 0 Å². The Bertz CT molecular complexity index is 474. The molecule has 0 bridgehead atoms. The maximum Gasteiger partial charge on any atom is 0.0213 e. The van der Waals surface area contributed by atoms with E-state index >= 15 is 0 Å². The summed E-state index contributed by atoms with van der Waals surface area (Å²) < 4.78 is 0. The van der Waals surface area contributed by atoms with Crippen molar-refractivity contribution in [1.29, 1.82) is 0 Å². The minimum atomic E-state index is 0. The summed E-state index contributed by atoms with van der Waals surface area (Å²) in [6.07, 6.45) is 26.5. The van der Waals surface area contributed by atoms with E-state index in [9.17, 15) is 0 Å². The molecule has 0 heterocycles. The summed E-state index contributed by atoms with van der Waals surface area (Å²) in [6, 6.07) is 0. The normalized spacial score (nSPS) is 12.6. The van der Waals surface area contributed by atoms with E-state index in [1.165, 1.54) is 62.5 Å². The second kappa shape index (κ2) is 56.4. The van der Waals surface area contributed by atoms with Gasteiger partial charge >= 0.3 is 0 Å². The maximum atomic E-state index is 7.14. The van der Waals surface area contributed by atoms with Crippen LogP contribution in [0.2, 0.25) is 26.2 Å². The number of rotatable bonds is 10. The van der Waals surface area contributed by atoms with E-state index in [0.29, 0.717) is 24.9 Å². The first kappa shape index (κ1) is 60.8. The van der Waals surface area contributed by atoms with E-state index < -0.39 is 0 Å². The first-order chi connectivity index (χ1) is 17.3. The molecule has 0 saturated carbocycles. The van der Waals surface area contributed by atoms with E-state index in [2.05, 4.69) is 92.0 Å². The second-order valence-corrected chi connectivity index (χ2v) is 11.7. The minimum absolute atomic E-state index is 0. The van der Waals surface area contributed by atoms with Gasteiger partial charge < -0.3 is 36.3 Å². The van der Waals surface area contributed by atoms with Crippen molar-refractivity contribution in [2.45, 2.75) is 132 Å². The largest absolute Gasteiger partial charge is 1.00 e. The molecule has 0 amide bonds. The molecular weight excluding hydrogens is 896 g/mol. The van der Waals surface area contributed by atoms with E-state index in [1.807, 2.05) is 12.2 Å². The van der Waals surface area contributed by atoms with Gasteiger partial charge in [-0.2, -0.15) is 12.2 Å². The molecule has 8 heteroatoms. The van der Waals surface area contributed by atoms with Crippen molar-refractivity contribution in [2.24, 2.45) is 11.8 Å². The molecule has 2 aliphatic carbocycles. The van der Waals surface area contributed by atoms with E-state index in [1.54, 1.807) is 0 Å². The van der Waals surface area contributed by atoms with Gasteiger partial charge in [-0.3, -0.25) is 12.2 Å². The third kappa shape index (κ3) is 59.1. The number of unbranched alkanes of at least 4 members (excludes halogenated alkanes) is 2. The Morgan fingerprint density at radius 3 is 1.05 bits per heavy atom. The number of allylic oxidation sites excluding steroid dienone is 8.